The van der Waals surface area contributed by atoms with Crippen LogP contribution in [0.15, 0.2) is 24.3 Å². The summed E-state index contributed by atoms with van der Waals surface area (Å²) in [4.78, 5) is 14.5. The lowest BCUT2D eigenvalue weighted by atomic mass is 9.96. The Labute approximate surface area is 126 Å². The molecule has 0 atom stereocenters. The molecule has 0 bridgehead atoms. The van der Waals surface area contributed by atoms with Gasteiger partial charge >= 0.3 is 0 Å². The minimum absolute atomic E-state index is 0.0918. The average Bonchev–Trinajstić information content (AvgIpc) is 2.45. The highest BCUT2D eigenvalue weighted by atomic mass is 19.1. The number of halogens is 1. The van der Waals surface area contributed by atoms with Gasteiger partial charge in [-0.2, -0.15) is 0 Å². The van der Waals surface area contributed by atoms with Crippen molar-refractivity contribution in [3.05, 3.63) is 35.6 Å². The first-order valence-electron chi connectivity index (χ1n) is 7.81. The van der Waals surface area contributed by atoms with Crippen molar-refractivity contribution in [1.29, 1.82) is 0 Å². The molecule has 116 valence electrons. The van der Waals surface area contributed by atoms with Crippen LogP contribution < -0.4 is 5.32 Å². The molecule has 4 heteroatoms. The Morgan fingerprint density at radius 3 is 2.71 bits per heavy atom. The van der Waals surface area contributed by atoms with Crippen LogP contribution in [-0.4, -0.2) is 36.5 Å². The summed E-state index contributed by atoms with van der Waals surface area (Å²) >= 11 is 0. The van der Waals surface area contributed by atoms with Crippen molar-refractivity contribution in [2.75, 3.05) is 19.6 Å². The summed E-state index contributed by atoms with van der Waals surface area (Å²) in [6, 6.07) is 6.50. The summed E-state index contributed by atoms with van der Waals surface area (Å²) in [6.45, 7) is 6.98. The lowest BCUT2D eigenvalue weighted by Crippen LogP contribution is -2.43. The third-order valence-electron chi connectivity index (χ3n) is 4.10. The first-order chi connectivity index (χ1) is 10.1. The molecule has 0 unspecified atom stereocenters. The highest BCUT2D eigenvalue weighted by Gasteiger charge is 2.22. The molecule has 2 rings (SSSR count). The van der Waals surface area contributed by atoms with Crippen molar-refractivity contribution in [1.82, 2.24) is 10.2 Å². The first-order valence-corrected chi connectivity index (χ1v) is 7.81. The largest absolute Gasteiger partial charge is 0.340 e. The zero-order chi connectivity index (χ0) is 15.2. The van der Waals surface area contributed by atoms with Crippen LogP contribution in [0.1, 0.15) is 32.3 Å². The fourth-order valence-electron chi connectivity index (χ4n) is 2.87. The predicted octanol–water partition coefficient (Wildman–Crippen LogP) is 2.60. The van der Waals surface area contributed by atoms with Crippen LogP contribution in [0, 0.1) is 11.7 Å². The van der Waals surface area contributed by atoms with E-state index in [9.17, 15) is 9.18 Å². The molecule has 0 radical (unpaired) electrons. The van der Waals surface area contributed by atoms with E-state index < -0.39 is 0 Å². The second-order valence-corrected chi connectivity index (χ2v) is 6.14. The van der Waals surface area contributed by atoms with E-state index in [0.29, 0.717) is 5.92 Å². The molecular weight excluding hydrogens is 267 g/mol. The Morgan fingerprint density at radius 1 is 1.38 bits per heavy atom. The van der Waals surface area contributed by atoms with Gasteiger partial charge in [0.2, 0.25) is 5.91 Å². The van der Waals surface area contributed by atoms with Gasteiger partial charge in [0.25, 0.3) is 0 Å². The predicted molar refractivity (Wildman–Crippen MR) is 82.5 cm³/mol. The Bertz CT molecular complexity index is 470. The number of hydrogen-bond acceptors (Lipinski definition) is 2. The van der Waals surface area contributed by atoms with Crippen LogP contribution >= 0.6 is 0 Å². The van der Waals surface area contributed by atoms with E-state index in [4.69, 9.17) is 0 Å². The lowest BCUT2D eigenvalue weighted by Gasteiger charge is -2.33. The van der Waals surface area contributed by atoms with Gasteiger partial charge < -0.3 is 10.2 Å². The van der Waals surface area contributed by atoms with Gasteiger partial charge in [0.05, 0.1) is 6.42 Å². The number of hydrogen-bond donors (Lipinski definition) is 1. The molecule has 1 fully saturated rings. The van der Waals surface area contributed by atoms with Gasteiger partial charge in [-0.25, -0.2) is 4.39 Å². The number of piperidine rings is 1. The van der Waals surface area contributed by atoms with E-state index in [2.05, 4.69) is 5.32 Å². The molecule has 0 aliphatic carbocycles. The second-order valence-electron chi connectivity index (χ2n) is 6.14. The van der Waals surface area contributed by atoms with Crippen LogP contribution in [0.5, 0.6) is 0 Å². The standard InChI is InChI=1S/C17H25FN2O/c1-13(2)20(12-14-6-8-19-9-7-14)17(21)11-15-4-3-5-16(18)10-15/h3-5,10,13-14,19H,6-9,11-12H2,1-2H3. The highest BCUT2D eigenvalue weighted by molar-refractivity contribution is 5.79. The van der Waals surface area contributed by atoms with E-state index in [1.165, 1.54) is 12.1 Å². The second kappa shape index (κ2) is 7.55. The third-order valence-corrected chi connectivity index (χ3v) is 4.10. The zero-order valence-electron chi connectivity index (χ0n) is 12.9. The van der Waals surface area contributed by atoms with E-state index in [1.54, 1.807) is 6.07 Å². The van der Waals surface area contributed by atoms with Gasteiger partial charge in [0, 0.05) is 12.6 Å². The number of nitrogens with zero attached hydrogens (tertiary/aromatic N) is 1. The van der Waals surface area contributed by atoms with Crippen LogP contribution in [0.2, 0.25) is 0 Å². The number of carbonyl (C=O) groups is 1. The van der Waals surface area contributed by atoms with Crippen molar-refractivity contribution in [3.8, 4) is 0 Å². The molecular formula is C17H25FN2O. The maximum atomic E-state index is 13.2. The Morgan fingerprint density at radius 2 is 2.10 bits per heavy atom. The van der Waals surface area contributed by atoms with Crippen LogP contribution in [-0.2, 0) is 11.2 Å². The van der Waals surface area contributed by atoms with Gasteiger partial charge in [0.15, 0.2) is 0 Å². The van der Waals surface area contributed by atoms with Gasteiger partial charge in [-0.05, 0) is 63.4 Å². The molecule has 1 amide bonds. The quantitative estimate of drug-likeness (QED) is 0.905. The van der Waals surface area contributed by atoms with Crippen molar-refractivity contribution >= 4 is 5.91 Å². The Kier molecular flexibility index (Phi) is 5.74. The van der Waals surface area contributed by atoms with E-state index in [-0.39, 0.29) is 24.2 Å². The maximum Gasteiger partial charge on any atom is 0.227 e. The SMILES string of the molecule is CC(C)N(CC1CCNCC1)C(=O)Cc1cccc(F)c1. The average molecular weight is 292 g/mol. The number of carbonyl (C=O) groups excluding carboxylic acids is 1. The van der Waals surface area contributed by atoms with Crippen molar-refractivity contribution in [3.63, 3.8) is 0 Å². The summed E-state index contributed by atoms with van der Waals surface area (Å²) in [5, 5.41) is 3.35. The third kappa shape index (κ3) is 4.81. The van der Waals surface area contributed by atoms with Crippen molar-refractivity contribution in [2.24, 2.45) is 5.92 Å². The molecule has 1 heterocycles. The fourth-order valence-corrected chi connectivity index (χ4v) is 2.87. The Hall–Kier alpha value is -1.42. The van der Waals surface area contributed by atoms with Gasteiger partial charge in [-0.15, -0.1) is 0 Å². The van der Waals surface area contributed by atoms with Crippen molar-refractivity contribution in [2.45, 2.75) is 39.2 Å². The molecule has 1 aliphatic heterocycles. The molecule has 21 heavy (non-hydrogen) atoms. The molecule has 1 aliphatic rings. The van der Waals surface area contributed by atoms with Crippen LogP contribution in [0.25, 0.3) is 0 Å². The number of nitrogens with one attached hydrogen (secondary N) is 1. The molecule has 0 aromatic heterocycles. The summed E-state index contributed by atoms with van der Waals surface area (Å²) in [6.07, 6.45) is 2.52. The van der Waals surface area contributed by atoms with E-state index in [1.807, 2.05) is 24.8 Å². The molecule has 1 N–H and O–H groups in total. The summed E-state index contributed by atoms with van der Waals surface area (Å²) in [5.74, 6) is 0.383. The summed E-state index contributed by atoms with van der Waals surface area (Å²) in [5.41, 5.74) is 0.746. The summed E-state index contributed by atoms with van der Waals surface area (Å²) in [7, 11) is 0. The minimum atomic E-state index is -0.283. The topological polar surface area (TPSA) is 32.3 Å². The molecule has 3 nitrogen and oxygen atoms in total. The maximum absolute atomic E-state index is 13.2. The van der Waals surface area contributed by atoms with E-state index in [0.717, 1.165) is 38.0 Å². The van der Waals surface area contributed by atoms with Gasteiger partial charge in [0.1, 0.15) is 5.82 Å². The smallest absolute Gasteiger partial charge is 0.227 e. The molecule has 0 spiro atoms. The monoisotopic (exact) mass is 292 g/mol. The summed E-state index contributed by atoms with van der Waals surface area (Å²) < 4.78 is 13.2. The molecule has 0 saturated carbocycles. The van der Waals surface area contributed by atoms with E-state index >= 15 is 0 Å². The van der Waals surface area contributed by atoms with Crippen molar-refractivity contribution < 1.29 is 9.18 Å². The lowest BCUT2D eigenvalue weighted by molar-refractivity contribution is -0.133. The number of rotatable bonds is 5. The number of amides is 1. The number of benzene rings is 1. The first kappa shape index (κ1) is 16.0. The normalized spacial score (nSPS) is 16.2. The van der Waals surface area contributed by atoms with Gasteiger partial charge in [-0.3, -0.25) is 4.79 Å². The van der Waals surface area contributed by atoms with Crippen LogP contribution in [0.4, 0.5) is 4.39 Å². The molecule has 1 saturated heterocycles. The Balaban J connectivity index is 1.98. The zero-order valence-corrected chi connectivity index (χ0v) is 12.9. The van der Waals surface area contributed by atoms with Crippen LogP contribution in [0.3, 0.4) is 0 Å². The highest BCUT2D eigenvalue weighted by Crippen LogP contribution is 2.16. The minimum Gasteiger partial charge on any atom is -0.340 e. The van der Waals surface area contributed by atoms with Gasteiger partial charge in [-0.1, -0.05) is 12.1 Å². The fraction of sp³-hybridized carbons (Fsp3) is 0.588. The molecule has 1 aromatic rings. The molecule has 1 aromatic carbocycles.